The molecule has 2 amide bonds. The van der Waals surface area contributed by atoms with E-state index in [1.54, 1.807) is 6.07 Å². The molecule has 0 unspecified atom stereocenters. The molecule has 1 saturated heterocycles. The topological polar surface area (TPSA) is 116 Å². The molecular formula is C20H20F3N3O5S. The van der Waals surface area contributed by atoms with Crippen molar-refractivity contribution < 1.29 is 36.3 Å². The van der Waals surface area contributed by atoms with Crippen molar-refractivity contribution in [3.63, 3.8) is 0 Å². The van der Waals surface area contributed by atoms with E-state index in [1.807, 2.05) is 0 Å². The Morgan fingerprint density at radius 3 is 2.12 bits per heavy atom. The summed E-state index contributed by atoms with van der Waals surface area (Å²) in [5.41, 5.74) is -3.95. The molecule has 2 aromatic rings. The number of carbonyl (C=O) groups is 2. The predicted molar refractivity (Wildman–Crippen MR) is 107 cm³/mol. The van der Waals surface area contributed by atoms with Crippen molar-refractivity contribution in [3.8, 4) is 0 Å². The Bertz CT molecular complexity index is 1120. The third-order valence-electron chi connectivity index (χ3n) is 5.16. The van der Waals surface area contributed by atoms with E-state index in [1.165, 1.54) is 43.7 Å². The van der Waals surface area contributed by atoms with Crippen LogP contribution in [0.3, 0.4) is 0 Å². The summed E-state index contributed by atoms with van der Waals surface area (Å²) in [7, 11) is -1.22. The van der Waals surface area contributed by atoms with E-state index in [0.717, 1.165) is 28.6 Å². The van der Waals surface area contributed by atoms with Gasteiger partial charge in [0.15, 0.2) is 5.78 Å². The van der Waals surface area contributed by atoms with Gasteiger partial charge in [-0.1, -0.05) is 42.5 Å². The van der Waals surface area contributed by atoms with Crippen LogP contribution in [0.5, 0.6) is 0 Å². The number of halogens is 3. The Balaban J connectivity index is 2.10. The molecule has 0 spiro atoms. The van der Waals surface area contributed by atoms with Crippen molar-refractivity contribution in [2.75, 3.05) is 14.1 Å². The zero-order valence-corrected chi connectivity index (χ0v) is 17.7. The second-order valence-corrected chi connectivity index (χ2v) is 9.56. The second kappa shape index (κ2) is 8.19. The molecule has 0 aromatic heterocycles. The lowest BCUT2D eigenvalue weighted by molar-refractivity contribution is -0.287. The molecule has 0 saturated carbocycles. The third kappa shape index (κ3) is 4.08. The quantitative estimate of drug-likeness (QED) is 0.578. The highest BCUT2D eigenvalue weighted by Crippen LogP contribution is 2.43. The molecule has 172 valence electrons. The number of carbonyl (C=O) groups excluding carboxylic acids is 2. The Morgan fingerprint density at radius 2 is 1.62 bits per heavy atom. The highest BCUT2D eigenvalue weighted by molar-refractivity contribution is 7.89. The maximum Gasteiger partial charge on any atom is 0.437 e. The molecule has 0 radical (unpaired) electrons. The van der Waals surface area contributed by atoms with Crippen LogP contribution >= 0.6 is 0 Å². The lowest BCUT2D eigenvalue weighted by Gasteiger charge is -2.45. The monoisotopic (exact) mass is 471 g/mol. The highest BCUT2D eigenvalue weighted by atomic mass is 32.2. The van der Waals surface area contributed by atoms with E-state index in [4.69, 9.17) is 0 Å². The molecule has 1 aliphatic heterocycles. The Kier molecular flexibility index (Phi) is 6.06. The molecule has 1 heterocycles. The number of aliphatic hydroxyl groups is 1. The average molecular weight is 471 g/mol. The van der Waals surface area contributed by atoms with Gasteiger partial charge >= 0.3 is 12.2 Å². The number of Topliss-reactive ketones (excluding diaryl/α,β-unsaturated/α-hetero) is 1. The van der Waals surface area contributed by atoms with Crippen LogP contribution in [0.4, 0.5) is 18.0 Å². The number of nitrogens with one attached hydrogen (secondary N) is 2. The largest absolute Gasteiger partial charge is 0.437 e. The molecule has 32 heavy (non-hydrogen) atoms. The summed E-state index contributed by atoms with van der Waals surface area (Å²) in [6.07, 6.45) is -5.38. The van der Waals surface area contributed by atoms with Gasteiger partial charge < -0.3 is 15.7 Å². The molecule has 2 aromatic carbocycles. The van der Waals surface area contributed by atoms with Gasteiger partial charge in [-0.05, 0) is 17.7 Å². The van der Waals surface area contributed by atoms with Gasteiger partial charge in [0, 0.05) is 19.7 Å². The summed E-state index contributed by atoms with van der Waals surface area (Å²) in [5.74, 6) is -3.33. The summed E-state index contributed by atoms with van der Waals surface area (Å²) < 4.78 is 67.1. The molecule has 3 rings (SSSR count). The van der Waals surface area contributed by atoms with Gasteiger partial charge in [0.05, 0.1) is 10.9 Å². The van der Waals surface area contributed by atoms with Crippen molar-refractivity contribution >= 4 is 21.8 Å². The number of benzene rings is 2. The fourth-order valence-corrected chi connectivity index (χ4v) is 4.36. The van der Waals surface area contributed by atoms with Crippen LogP contribution in [0.15, 0.2) is 59.5 Å². The number of amides is 2. The molecule has 3 N–H and O–H groups in total. The molecule has 12 heteroatoms. The normalized spacial score (nSPS) is 24.0. The van der Waals surface area contributed by atoms with E-state index in [0.29, 0.717) is 0 Å². The minimum Gasteiger partial charge on any atom is -0.363 e. The van der Waals surface area contributed by atoms with Gasteiger partial charge in [0.1, 0.15) is 5.92 Å². The van der Waals surface area contributed by atoms with Crippen molar-refractivity contribution in [2.24, 2.45) is 5.92 Å². The minimum atomic E-state index is -5.38. The molecular weight excluding hydrogens is 451 g/mol. The maximum atomic E-state index is 13.9. The van der Waals surface area contributed by atoms with Crippen LogP contribution < -0.4 is 10.6 Å². The predicted octanol–water partition coefficient (Wildman–Crippen LogP) is 2.04. The first-order valence-corrected chi connectivity index (χ1v) is 10.7. The minimum absolute atomic E-state index is 0.167. The van der Waals surface area contributed by atoms with Crippen molar-refractivity contribution in [2.45, 2.75) is 22.8 Å². The van der Waals surface area contributed by atoms with Crippen molar-refractivity contribution in [1.29, 1.82) is 0 Å². The summed E-state index contributed by atoms with van der Waals surface area (Å²) in [6, 6.07) is 8.95. The van der Waals surface area contributed by atoms with Crippen LogP contribution in [0.2, 0.25) is 0 Å². The summed E-state index contributed by atoms with van der Waals surface area (Å²) >= 11 is 0. The zero-order chi connectivity index (χ0) is 23.9. The first-order chi connectivity index (χ1) is 14.8. The van der Waals surface area contributed by atoms with E-state index >= 15 is 0 Å². The molecule has 1 fully saturated rings. The first-order valence-electron chi connectivity index (χ1n) is 9.28. The van der Waals surface area contributed by atoms with Gasteiger partial charge in [-0.3, -0.25) is 4.79 Å². The maximum absolute atomic E-state index is 13.9. The van der Waals surface area contributed by atoms with Crippen LogP contribution in [0.1, 0.15) is 22.0 Å². The van der Waals surface area contributed by atoms with Crippen LogP contribution in [-0.2, 0) is 10.0 Å². The number of urea groups is 1. The fourth-order valence-electron chi connectivity index (χ4n) is 3.46. The number of ketones is 1. The Labute approximate surface area is 182 Å². The Hall–Kier alpha value is -2.96. The van der Waals surface area contributed by atoms with E-state index in [9.17, 15) is 36.3 Å². The number of hydrogen-bond donors (Lipinski definition) is 3. The van der Waals surface area contributed by atoms with Gasteiger partial charge in [-0.15, -0.1) is 0 Å². The average Bonchev–Trinajstić information content (AvgIpc) is 2.72. The lowest BCUT2D eigenvalue weighted by atomic mass is 9.77. The highest BCUT2D eigenvalue weighted by Gasteiger charge is 2.66. The van der Waals surface area contributed by atoms with Crippen LogP contribution in [0.25, 0.3) is 0 Å². The van der Waals surface area contributed by atoms with E-state index in [2.05, 4.69) is 5.32 Å². The van der Waals surface area contributed by atoms with Gasteiger partial charge in [-0.2, -0.15) is 13.2 Å². The molecule has 3 atom stereocenters. The number of sulfonamides is 1. The number of nitrogens with zero attached hydrogens (tertiary/aromatic N) is 1. The third-order valence-corrected chi connectivity index (χ3v) is 6.99. The number of rotatable bonds is 5. The van der Waals surface area contributed by atoms with Crippen LogP contribution in [0, 0.1) is 5.92 Å². The van der Waals surface area contributed by atoms with E-state index in [-0.39, 0.29) is 16.0 Å². The molecule has 8 nitrogen and oxygen atoms in total. The Morgan fingerprint density at radius 1 is 1.06 bits per heavy atom. The molecule has 0 bridgehead atoms. The van der Waals surface area contributed by atoms with Crippen molar-refractivity contribution in [1.82, 2.24) is 14.9 Å². The van der Waals surface area contributed by atoms with Crippen LogP contribution in [-0.4, -0.2) is 55.6 Å². The van der Waals surface area contributed by atoms with Gasteiger partial charge in [-0.25, -0.2) is 17.5 Å². The number of alkyl halides is 3. The summed E-state index contributed by atoms with van der Waals surface area (Å²) in [6.45, 7) is 0. The SMILES string of the molecule is CN(C)S(=O)(=O)c1ccc(C(=O)[C@H]2[C@@H](c3ccccc3)NC(=O)N[C@@]2(O)C(F)(F)F)cc1. The van der Waals surface area contributed by atoms with E-state index < -0.39 is 45.7 Å². The van der Waals surface area contributed by atoms with Gasteiger partial charge in [0.25, 0.3) is 0 Å². The standard InChI is InChI=1S/C20H20F3N3O5S/c1-26(2)32(30,31)14-10-8-13(9-11-14)17(27)15-16(12-6-4-3-5-7-12)24-18(28)25-19(15,29)20(21,22)23/h3-11,15-16,29H,1-2H3,(H2,24,25,28)/t15-,16-,19+/m1/s1. The van der Waals surface area contributed by atoms with Crippen molar-refractivity contribution in [3.05, 3.63) is 65.7 Å². The molecule has 1 aliphatic rings. The zero-order valence-electron chi connectivity index (χ0n) is 16.9. The smallest absolute Gasteiger partial charge is 0.363 e. The lowest BCUT2D eigenvalue weighted by Crippen LogP contribution is -2.72. The number of hydrogen-bond acceptors (Lipinski definition) is 5. The fraction of sp³-hybridized carbons (Fsp3) is 0.300. The summed E-state index contributed by atoms with van der Waals surface area (Å²) in [5, 5.41) is 14.3. The molecule has 0 aliphatic carbocycles. The van der Waals surface area contributed by atoms with Gasteiger partial charge in [0.2, 0.25) is 15.7 Å². The summed E-state index contributed by atoms with van der Waals surface area (Å²) in [4.78, 5) is 25.0. The second-order valence-electron chi connectivity index (χ2n) is 7.40. The first kappa shape index (κ1) is 23.7.